The maximum Gasteiger partial charge on any atom is 0.184 e. The fourth-order valence-corrected chi connectivity index (χ4v) is 3.22. The zero-order valence-corrected chi connectivity index (χ0v) is 12.8. The molecule has 6 heteroatoms. The number of rotatable bonds is 4. The lowest BCUT2D eigenvalue weighted by Crippen LogP contribution is -2.00. The highest BCUT2D eigenvalue weighted by Gasteiger charge is 2.06. The van der Waals surface area contributed by atoms with E-state index in [1.807, 2.05) is 36.4 Å². The molecule has 0 aliphatic carbocycles. The molecule has 0 saturated carbocycles. The van der Waals surface area contributed by atoms with Gasteiger partial charge in [-0.1, -0.05) is 23.5 Å². The van der Waals surface area contributed by atoms with Crippen LogP contribution in [0.5, 0.6) is 5.75 Å². The highest BCUT2D eigenvalue weighted by molar-refractivity contribution is 7.22. The van der Waals surface area contributed by atoms with E-state index in [2.05, 4.69) is 26.3 Å². The number of hydrogen-bond acceptors (Lipinski definition) is 5. The summed E-state index contributed by atoms with van der Waals surface area (Å²) in [6.45, 7) is 0.608. The first-order chi connectivity index (χ1) is 10.8. The standard InChI is InChI=1S/C16H14N4OS/c1-21-10-6-7-11-13(8-10)19-15(18-11)9-17-16-20-12-4-2-3-5-14(12)22-16/h2-8H,9H2,1H3,(H,17,20)(H,18,19). The van der Waals surface area contributed by atoms with Crippen LogP contribution in [0.3, 0.4) is 0 Å². The molecule has 0 aliphatic heterocycles. The van der Waals surface area contributed by atoms with Gasteiger partial charge in [0.2, 0.25) is 0 Å². The molecule has 0 atom stereocenters. The van der Waals surface area contributed by atoms with Crippen LogP contribution in [0.2, 0.25) is 0 Å². The number of methoxy groups -OCH3 is 1. The molecule has 0 saturated heterocycles. The Bertz CT molecular complexity index is 911. The summed E-state index contributed by atoms with van der Waals surface area (Å²) >= 11 is 1.65. The SMILES string of the molecule is COc1ccc2nc(CNc3nc4ccccc4s3)[nH]c2c1. The van der Waals surface area contributed by atoms with E-state index in [1.165, 1.54) is 4.70 Å². The summed E-state index contributed by atoms with van der Waals surface area (Å²) in [5, 5.41) is 4.22. The van der Waals surface area contributed by atoms with Gasteiger partial charge >= 0.3 is 0 Å². The van der Waals surface area contributed by atoms with Gasteiger partial charge in [-0.25, -0.2) is 9.97 Å². The molecule has 4 aromatic rings. The average Bonchev–Trinajstić information content (AvgIpc) is 3.14. The Labute approximate surface area is 131 Å². The maximum absolute atomic E-state index is 5.22. The van der Waals surface area contributed by atoms with Crippen molar-refractivity contribution in [2.75, 3.05) is 12.4 Å². The smallest absolute Gasteiger partial charge is 0.184 e. The summed E-state index contributed by atoms with van der Waals surface area (Å²) in [6.07, 6.45) is 0. The van der Waals surface area contributed by atoms with E-state index in [-0.39, 0.29) is 0 Å². The van der Waals surface area contributed by atoms with Crippen molar-refractivity contribution in [1.29, 1.82) is 0 Å². The number of ether oxygens (including phenoxy) is 1. The number of H-pyrrole nitrogens is 1. The number of anilines is 1. The van der Waals surface area contributed by atoms with Gasteiger partial charge in [0, 0.05) is 6.07 Å². The number of aromatic amines is 1. The molecule has 2 N–H and O–H groups in total. The van der Waals surface area contributed by atoms with Crippen molar-refractivity contribution in [3.63, 3.8) is 0 Å². The molecule has 2 heterocycles. The van der Waals surface area contributed by atoms with Gasteiger partial charge in [0.15, 0.2) is 5.13 Å². The third-order valence-corrected chi connectivity index (χ3v) is 4.43. The molecular formula is C16H14N4OS. The van der Waals surface area contributed by atoms with E-state index < -0.39 is 0 Å². The second kappa shape index (κ2) is 5.31. The Morgan fingerprint density at radius 1 is 1.14 bits per heavy atom. The Hall–Kier alpha value is -2.60. The lowest BCUT2D eigenvalue weighted by molar-refractivity contribution is 0.415. The van der Waals surface area contributed by atoms with E-state index in [0.717, 1.165) is 33.3 Å². The van der Waals surface area contributed by atoms with Crippen molar-refractivity contribution in [2.45, 2.75) is 6.54 Å². The molecule has 0 unspecified atom stereocenters. The highest BCUT2D eigenvalue weighted by atomic mass is 32.1. The molecule has 22 heavy (non-hydrogen) atoms. The van der Waals surface area contributed by atoms with Crippen molar-refractivity contribution in [3.8, 4) is 5.75 Å². The van der Waals surface area contributed by atoms with Crippen molar-refractivity contribution in [3.05, 3.63) is 48.3 Å². The van der Waals surface area contributed by atoms with Crippen molar-refractivity contribution < 1.29 is 4.74 Å². The molecule has 0 amide bonds. The van der Waals surface area contributed by atoms with Crippen LogP contribution in [0.25, 0.3) is 21.3 Å². The average molecular weight is 310 g/mol. The van der Waals surface area contributed by atoms with Crippen molar-refractivity contribution in [2.24, 2.45) is 0 Å². The van der Waals surface area contributed by atoms with Gasteiger partial charge < -0.3 is 15.0 Å². The van der Waals surface area contributed by atoms with Gasteiger partial charge in [-0.2, -0.15) is 0 Å². The van der Waals surface area contributed by atoms with E-state index in [0.29, 0.717) is 6.54 Å². The third-order valence-electron chi connectivity index (χ3n) is 3.44. The Balaban J connectivity index is 1.55. The predicted octanol–water partition coefficient (Wildman–Crippen LogP) is 3.79. The fourth-order valence-electron chi connectivity index (χ4n) is 2.36. The number of thiazole rings is 1. The molecule has 0 bridgehead atoms. The number of nitrogens with one attached hydrogen (secondary N) is 2. The molecule has 4 rings (SSSR count). The van der Waals surface area contributed by atoms with Crippen LogP contribution >= 0.6 is 11.3 Å². The van der Waals surface area contributed by atoms with Gasteiger partial charge in [0.25, 0.3) is 0 Å². The zero-order valence-electron chi connectivity index (χ0n) is 12.0. The van der Waals surface area contributed by atoms with Crippen LogP contribution < -0.4 is 10.1 Å². The van der Waals surface area contributed by atoms with Gasteiger partial charge in [0.1, 0.15) is 11.6 Å². The molecular weight excluding hydrogens is 296 g/mol. The largest absolute Gasteiger partial charge is 0.497 e. The number of fused-ring (bicyclic) bond motifs is 2. The summed E-state index contributed by atoms with van der Waals surface area (Å²) in [6, 6.07) is 13.9. The number of para-hydroxylation sites is 1. The zero-order chi connectivity index (χ0) is 14.9. The van der Waals surface area contributed by atoms with Gasteiger partial charge in [0.05, 0.1) is 34.9 Å². The maximum atomic E-state index is 5.22. The summed E-state index contributed by atoms with van der Waals surface area (Å²) < 4.78 is 6.40. The number of nitrogens with zero attached hydrogens (tertiary/aromatic N) is 2. The van der Waals surface area contributed by atoms with Crippen LogP contribution in [0.1, 0.15) is 5.82 Å². The Kier molecular flexibility index (Phi) is 3.16. The second-order valence-corrected chi connectivity index (χ2v) is 5.94. The molecule has 0 fully saturated rings. The molecule has 5 nitrogen and oxygen atoms in total. The molecule has 0 radical (unpaired) electrons. The van der Waals surface area contributed by atoms with Crippen molar-refractivity contribution >= 4 is 37.7 Å². The molecule has 0 aliphatic rings. The monoisotopic (exact) mass is 310 g/mol. The summed E-state index contributed by atoms with van der Waals surface area (Å²) in [7, 11) is 1.66. The topological polar surface area (TPSA) is 62.8 Å². The van der Waals surface area contributed by atoms with Gasteiger partial charge in [-0.3, -0.25) is 0 Å². The number of benzene rings is 2. The minimum atomic E-state index is 0.608. The minimum absolute atomic E-state index is 0.608. The highest BCUT2D eigenvalue weighted by Crippen LogP contribution is 2.26. The van der Waals surface area contributed by atoms with Crippen LogP contribution in [0.15, 0.2) is 42.5 Å². The first kappa shape index (κ1) is 13.1. The van der Waals surface area contributed by atoms with E-state index in [4.69, 9.17) is 4.74 Å². The predicted molar refractivity (Wildman–Crippen MR) is 89.6 cm³/mol. The first-order valence-corrected chi connectivity index (χ1v) is 7.75. The van der Waals surface area contributed by atoms with Crippen LogP contribution in [-0.4, -0.2) is 22.1 Å². The second-order valence-electron chi connectivity index (χ2n) is 4.91. The lowest BCUT2D eigenvalue weighted by atomic mass is 10.3. The number of imidazole rings is 1. The summed E-state index contributed by atoms with van der Waals surface area (Å²) in [5.74, 6) is 1.70. The van der Waals surface area contributed by atoms with Crippen LogP contribution in [-0.2, 0) is 6.54 Å². The fraction of sp³-hybridized carbons (Fsp3) is 0.125. The van der Waals surface area contributed by atoms with Gasteiger partial charge in [-0.15, -0.1) is 0 Å². The van der Waals surface area contributed by atoms with Crippen LogP contribution in [0.4, 0.5) is 5.13 Å². The number of aromatic nitrogens is 3. The first-order valence-electron chi connectivity index (χ1n) is 6.94. The quantitative estimate of drug-likeness (QED) is 0.602. The third kappa shape index (κ3) is 2.37. The molecule has 2 aromatic heterocycles. The van der Waals surface area contributed by atoms with Gasteiger partial charge in [-0.05, 0) is 24.3 Å². The summed E-state index contributed by atoms with van der Waals surface area (Å²) in [5.41, 5.74) is 2.92. The normalized spacial score (nSPS) is 11.1. The molecule has 0 spiro atoms. The minimum Gasteiger partial charge on any atom is -0.497 e. The van der Waals surface area contributed by atoms with Crippen molar-refractivity contribution in [1.82, 2.24) is 15.0 Å². The molecule has 110 valence electrons. The van der Waals surface area contributed by atoms with Crippen LogP contribution in [0, 0.1) is 0 Å². The number of hydrogen-bond donors (Lipinski definition) is 2. The van der Waals surface area contributed by atoms with E-state index in [9.17, 15) is 0 Å². The Morgan fingerprint density at radius 2 is 2.05 bits per heavy atom. The Morgan fingerprint density at radius 3 is 2.91 bits per heavy atom. The van der Waals surface area contributed by atoms with E-state index >= 15 is 0 Å². The lowest BCUT2D eigenvalue weighted by Gasteiger charge is -1.98. The summed E-state index contributed by atoms with van der Waals surface area (Å²) in [4.78, 5) is 12.4. The molecule has 2 aromatic carbocycles. The van der Waals surface area contributed by atoms with E-state index in [1.54, 1.807) is 18.4 Å².